The van der Waals surface area contributed by atoms with Gasteiger partial charge in [0.2, 0.25) is 0 Å². The van der Waals surface area contributed by atoms with Gasteiger partial charge in [0.05, 0.1) is 18.3 Å². The van der Waals surface area contributed by atoms with Gasteiger partial charge >= 0.3 is 0 Å². The zero-order valence-corrected chi connectivity index (χ0v) is 8.04. The number of fused-ring (bicyclic) bond motifs is 1. The van der Waals surface area contributed by atoms with Crippen LogP contribution in [0.15, 0.2) is 0 Å². The Morgan fingerprint density at radius 2 is 2.00 bits per heavy atom. The fraction of sp³-hybridized carbons (Fsp3) is 1.00. The smallest absolute Gasteiger partial charge is 0.0847 e. The lowest BCUT2D eigenvalue weighted by Gasteiger charge is -2.41. The first-order valence-electron chi connectivity index (χ1n) is 5.61. The summed E-state index contributed by atoms with van der Waals surface area (Å²) < 4.78 is 5.56. The van der Waals surface area contributed by atoms with E-state index in [2.05, 4.69) is 0 Å². The maximum absolute atomic E-state index is 9.69. The summed E-state index contributed by atoms with van der Waals surface area (Å²) in [6.07, 6.45) is 9.54. The molecule has 1 saturated heterocycles. The largest absolute Gasteiger partial charge is 0.393 e. The highest BCUT2D eigenvalue weighted by atomic mass is 16.6. The third kappa shape index (κ3) is 1.40. The highest BCUT2D eigenvalue weighted by Gasteiger charge is 2.51. The SMILES string of the molecule is OC1CCCC2(CCC3OC3C2)C1. The second-order valence-corrected chi connectivity index (χ2v) is 5.21. The van der Waals surface area contributed by atoms with Crippen molar-refractivity contribution in [2.75, 3.05) is 0 Å². The third-order valence-electron chi connectivity index (χ3n) is 4.19. The molecular weight excluding hydrogens is 164 g/mol. The summed E-state index contributed by atoms with van der Waals surface area (Å²) in [6, 6.07) is 0. The van der Waals surface area contributed by atoms with Crippen LogP contribution in [0.4, 0.5) is 0 Å². The van der Waals surface area contributed by atoms with Crippen molar-refractivity contribution in [2.24, 2.45) is 5.41 Å². The summed E-state index contributed by atoms with van der Waals surface area (Å²) >= 11 is 0. The van der Waals surface area contributed by atoms with E-state index in [1.807, 2.05) is 0 Å². The van der Waals surface area contributed by atoms with Crippen LogP contribution in [-0.4, -0.2) is 23.4 Å². The molecule has 1 N–H and O–H groups in total. The Balaban J connectivity index is 1.71. The van der Waals surface area contributed by atoms with Gasteiger partial charge in [-0.15, -0.1) is 0 Å². The van der Waals surface area contributed by atoms with Gasteiger partial charge in [0.15, 0.2) is 0 Å². The molecule has 0 aromatic rings. The van der Waals surface area contributed by atoms with Gasteiger partial charge in [0, 0.05) is 0 Å². The van der Waals surface area contributed by atoms with Gasteiger partial charge in [-0.3, -0.25) is 0 Å². The van der Waals surface area contributed by atoms with Crippen molar-refractivity contribution in [1.29, 1.82) is 0 Å². The Bertz CT molecular complexity index is 210. The lowest BCUT2D eigenvalue weighted by molar-refractivity contribution is 0.0276. The van der Waals surface area contributed by atoms with E-state index < -0.39 is 0 Å². The molecule has 0 bridgehead atoms. The average Bonchev–Trinajstić information content (AvgIpc) is 2.81. The number of aliphatic hydroxyl groups excluding tert-OH is 1. The second kappa shape index (κ2) is 2.71. The molecule has 1 aliphatic heterocycles. The van der Waals surface area contributed by atoms with Crippen molar-refractivity contribution in [1.82, 2.24) is 0 Å². The molecular formula is C11H18O2. The van der Waals surface area contributed by atoms with Crippen LogP contribution < -0.4 is 0 Å². The average molecular weight is 182 g/mol. The number of rotatable bonds is 0. The summed E-state index contributed by atoms with van der Waals surface area (Å²) in [5, 5.41) is 9.69. The van der Waals surface area contributed by atoms with Crippen molar-refractivity contribution < 1.29 is 9.84 Å². The summed E-state index contributed by atoms with van der Waals surface area (Å²) in [5.41, 5.74) is 0.468. The lowest BCUT2D eigenvalue weighted by Crippen LogP contribution is -2.35. The summed E-state index contributed by atoms with van der Waals surface area (Å²) in [6.45, 7) is 0. The summed E-state index contributed by atoms with van der Waals surface area (Å²) in [5.74, 6) is 0. The molecule has 3 aliphatic rings. The van der Waals surface area contributed by atoms with Gasteiger partial charge in [-0.25, -0.2) is 0 Å². The first-order valence-corrected chi connectivity index (χ1v) is 5.61. The maximum Gasteiger partial charge on any atom is 0.0847 e. The number of aliphatic hydroxyl groups is 1. The standard InChI is InChI=1S/C11H18O2/c12-8-2-1-4-11(6-8)5-3-9-10(7-11)13-9/h8-10,12H,1-7H2. The van der Waals surface area contributed by atoms with Crippen LogP contribution in [-0.2, 0) is 4.74 Å². The van der Waals surface area contributed by atoms with Gasteiger partial charge in [-0.05, 0) is 43.9 Å². The summed E-state index contributed by atoms with van der Waals surface area (Å²) in [7, 11) is 0. The molecule has 1 heterocycles. The molecule has 0 radical (unpaired) electrons. The maximum atomic E-state index is 9.69. The van der Waals surface area contributed by atoms with Crippen molar-refractivity contribution in [3.8, 4) is 0 Å². The first kappa shape index (κ1) is 8.25. The van der Waals surface area contributed by atoms with Crippen LogP contribution >= 0.6 is 0 Å². The van der Waals surface area contributed by atoms with E-state index >= 15 is 0 Å². The molecule has 4 atom stereocenters. The van der Waals surface area contributed by atoms with Crippen molar-refractivity contribution in [3.05, 3.63) is 0 Å². The molecule has 4 unspecified atom stereocenters. The topological polar surface area (TPSA) is 32.8 Å². The highest BCUT2D eigenvalue weighted by Crippen LogP contribution is 2.53. The highest BCUT2D eigenvalue weighted by molar-refractivity contribution is 5.00. The van der Waals surface area contributed by atoms with Gasteiger partial charge in [0.1, 0.15) is 0 Å². The van der Waals surface area contributed by atoms with E-state index in [-0.39, 0.29) is 6.10 Å². The Morgan fingerprint density at radius 3 is 2.77 bits per heavy atom. The van der Waals surface area contributed by atoms with Gasteiger partial charge in [0.25, 0.3) is 0 Å². The van der Waals surface area contributed by atoms with Crippen molar-refractivity contribution >= 4 is 0 Å². The van der Waals surface area contributed by atoms with Crippen LogP contribution in [0.3, 0.4) is 0 Å². The van der Waals surface area contributed by atoms with Crippen molar-refractivity contribution in [3.63, 3.8) is 0 Å². The van der Waals surface area contributed by atoms with Crippen LogP contribution in [0, 0.1) is 5.41 Å². The van der Waals surface area contributed by atoms with E-state index in [1.54, 1.807) is 0 Å². The Kier molecular flexibility index (Phi) is 1.72. The zero-order valence-electron chi connectivity index (χ0n) is 8.04. The van der Waals surface area contributed by atoms with E-state index in [1.165, 1.54) is 32.1 Å². The molecule has 13 heavy (non-hydrogen) atoms. The Hall–Kier alpha value is -0.0800. The minimum atomic E-state index is -0.0240. The number of epoxide rings is 1. The fourth-order valence-corrected chi connectivity index (χ4v) is 3.42. The van der Waals surface area contributed by atoms with E-state index in [4.69, 9.17) is 4.74 Å². The molecule has 2 aliphatic carbocycles. The quantitative estimate of drug-likeness (QED) is 0.580. The van der Waals surface area contributed by atoms with Gasteiger partial charge < -0.3 is 9.84 Å². The molecule has 2 heteroatoms. The number of ether oxygens (including phenoxy) is 1. The van der Waals surface area contributed by atoms with E-state index in [0.717, 1.165) is 12.8 Å². The normalized spacial score (nSPS) is 54.7. The Morgan fingerprint density at radius 1 is 1.08 bits per heavy atom. The monoisotopic (exact) mass is 182 g/mol. The molecule has 74 valence electrons. The molecule has 0 aromatic carbocycles. The lowest BCUT2D eigenvalue weighted by atomic mass is 9.65. The second-order valence-electron chi connectivity index (χ2n) is 5.21. The molecule has 1 spiro atoms. The predicted octanol–water partition coefficient (Wildman–Crippen LogP) is 1.86. The molecule has 0 amide bonds. The molecule has 2 saturated carbocycles. The van der Waals surface area contributed by atoms with Crippen LogP contribution in [0.25, 0.3) is 0 Å². The fourth-order valence-electron chi connectivity index (χ4n) is 3.42. The summed E-state index contributed by atoms with van der Waals surface area (Å²) in [4.78, 5) is 0. The first-order chi connectivity index (χ1) is 6.27. The van der Waals surface area contributed by atoms with Gasteiger partial charge in [-0.2, -0.15) is 0 Å². The molecule has 3 rings (SSSR count). The molecule has 0 aromatic heterocycles. The minimum Gasteiger partial charge on any atom is -0.393 e. The van der Waals surface area contributed by atoms with Crippen molar-refractivity contribution in [2.45, 2.75) is 63.3 Å². The van der Waals surface area contributed by atoms with Crippen LogP contribution in [0.1, 0.15) is 44.9 Å². The predicted molar refractivity (Wildman–Crippen MR) is 49.4 cm³/mol. The zero-order chi connectivity index (χ0) is 8.89. The molecule has 2 nitrogen and oxygen atoms in total. The molecule has 3 fully saturated rings. The van der Waals surface area contributed by atoms with E-state index in [0.29, 0.717) is 17.6 Å². The minimum absolute atomic E-state index is 0.0240. The van der Waals surface area contributed by atoms with Crippen LogP contribution in [0.5, 0.6) is 0 Å². The number of hydrogen-bond donors (Lipinski definition) is 1. The van der Waals surface area contributed by atoms with E-state index in [9.17, 15) is 5.11 Å². The van der Waals surface area contributed by atoms with Crippen LogP contribution in [0.2, 0.25) is 0 Å². The Labute approximate surface area is 79.3 Å². The third-order valence-corrected chi connectivity index (χ3v) is 4.19. The number of hydrogen-bond acceptors (Lipinski definition) is 2. The van der Waals surface area contributed by atoms with Gasteiger partial charge in [-0.1, -0.05) is 6.42 Å².